The van der Waals surface area contributed by atoms with Gasteiger partial charge in [0.05, 0.1) is 35.7 Å². The minimum Gasteiger partial charge on any atom is -0.367 e. The molecule has 1 fully saturated rings. The molecule has 5 rings (SSSR count). The molecule has 2 aromatic heterocycles. The zero-order chi connectivity index (χ0) is 25.2. The average molecular weight is 490 g/mol. The SMILES string of the molecule is C=CC(=O)Nc1cccc(-c2cnc3cnc(Nc4ccc(N5CCN(C)CC5)c(F)c4F)cn23)c1. The summed E-state index contributed by atoms with van der Waals surface area (Å²) in [6.45, 7) is 6.33. The van der Waals surface area contributed by atoms with E-state index in [-0.39, 0.29) is 17.3 Å². The molecule has 0 spiro atoms. The first-order chi connectivity index (χ1) is 17.4. The molecule has 1 saturated heterocycles. The summed E-state index contributed by atoms with van der Waals surface area (Å²) in [5.41, 5.74) is 2.98. The van der Waals surface area contributed by atoms with Gasteiger partial charge in [0, 0.05) is 37.4 Å². The third-order valence-electron chi connectivity index (χ3n) is 6.18. The molecule has 0 aliphatic carbocycles. The molecule has 3 heterocycles. The number of hydrogen-bond donors (Lipinski definition) is 2. The summed E-state index contributed by atoms with van der Waals surface area (Å²) in [5.74, 6) is -1.82. The van der Waals surface area contributed by atoms with Crippen LogP contribution in [0.15, 0.2) is 67.6 Å². The maximum atomic E-state index is 15.0. The van der Waals surface area contributed by atoms with E-state index in [4.69, 9.17) is 0 Å². The number of piperazine rings is 1. The van der Waals surface area contributed by atoms with E-state index < -0.39 is 11.6 Å². The summed E-state index contributed by atoms with van der Waals surface area (Å²) in [4.78, 5) is 24.3. The molecule has 0 radical (unpaired) electrons. The highest BCUT2D eigenvalue weighted by molar-refractivity contribution is 5.99. The second-order valence-electron chi connectivity index (χ2n) is 8.59. The molecule has 1 amide bonds. The summed E-state index contributed by atoms with van der Waals surface area (Å²) >= 11 is 0. The third kappa shape index (κ3) is 4.63. The van der Waals surface area contributed by atoms with E-state index >= 15 is 0 Å². The van der Waals surface area contributed by atoms with Crippen LogP contribution < -0.4 is 15.5 Å². The molecule has 1 aliphatic rings. The lowest BCUT2D eigenvalue weighted by Crippen LogP contribution is -2.44. The van der Waals surface area contributed by atoms with E-state index in [1.54, 1.807) is 35.1 Å². The van der Waals surface area contributed by atoms with Gasteiger partial charge in [-0.1, -0.05) is 18.7 Å². The zero-order valence-electron chi connectivity index (χ0n) is 19.7. The first kappa shape index (κ1) is 23.4. The first-order valence-corrected chi connectivity index (χ1v) is 11.5. The van der Waals surface area contributed by atoms with Crippen LogP contribution in [0.1, 0.15) is 0 Å². The van der Waals surface area contributed by atoms with Crippen molar-refractivity contribution in [1.82, 2.24) is 19.3 Å². The molecular formula is C26H25F2N7O. The van der Waals surface area contributed by atoms with Gasteiger partial charge in [0.2, 0.25) is 5.91 Å². The maximum Gasteiger partial charge on any atom is 0.247 e. The predicted octanol–water partition coefficient (Wildman–Crippen LogP) is 4.29. The zero-order valence-corrected chi connectivity index (χ0v) is 19.7. The Hall–Kier alpha value is -4.31. The quantitative estimate of drug-likeness (QED) is 0.394. The van der Waals surface area contributed by atoms with E-state index in [2.05, 4.69) is 32.1 Å². The fourth-order valence-corrected chi connectivity index (χ4v) is 4.18. The van der Waals surface area contributed by atoms with Crippen molar-refractivity contribution < 1.29 is 13.6 Å². The van der Waals surface area contributed by atoms with Crippen LogP contribution in [0.4, 0.5) is 31.7 Å². The van der Waals surface area contributed by atoms with Crippen LogP contribution >= 0.6 is 0 Å². The molecule has 4 aromatic rings. The average Bonchev–Trinajstić information content (AvgIpc) is 3.31. The van der Waals surface area contributed by atoms with Gasteiger partial charge in [-0.25, -0.2) is 18.7 Å². The third-order valence-corrected chi connectivity index (χ3v) is 6.18. The number of nitrogens with one attached hydrogen (secondary N) is 2. The van der Waals surface area contributed by atoms with Crippen molar-refractivity contribution in [2.45, 2.75) is 0 Å². The van der Waals surface area contributed by atoms with Crippen molar-refractivity contribution in [3.8, 4) is 11.3 Å². The monoisotopic (exact) mass is 489 g/mol. The largest absolute Gasteiger partial charge is 0.367 e. The molecule has 2 aromatic carbocycles. The van der Waals surface area contributed by atoms with Crippen molar-refractivity contribution in [3.63, 3.8) is 0 Å². The van der Waals surface area contributed by atoms with Gasteiger partial charge in [0.1, 0.15) is 5.82 Å². The lowest BCUT2D eigenvalue weighted by molar-refractivity contribution is -0.111. The van der Waals surface area contributed by atoms with Crippen LogP contribution in [0.25, 0.3) is 16.9 Å². The smallest absolute Gasteiger partial charge is 0.247 e. The van der Waals surface area contributed by atoms with E-state index in [1.807, 2.05) is 30.1 Å². The lowest BCUT2D eigenvalue weighted by atomic mass is 10.1. The Bertz CT molecular complexity index is 1440. The number of nitrogens with zero attached hydrogens (tertiary/aromatic N) is 5. The van der Waals surface area contributed by atoms with Gasteiger partial charge in [-0.3, -0.25) is 9.20 Å². The number of rotatable bonds is 6. The number of carbonyl (C=O) groups excluding carboxylic acids is 1. The van der Waals surface area contributed by atoms with Crippen LogP contribution in [-0.4, -0.2) is 58.4 Å². The number of hydrogen-bond acceptors (Lipinski definition) is 6. The number of fused-ring (bicyclic) bond motifs is 1. The van der Waals surface area contributed by atoms with Gasteiger partial charge in [-0.05, 0) is 37.4 Å². The van der Waals surface area contributed by atoms with Gasteiger partial charge in [0.15, 0.2) is 17.3 Å². The van der Waals surface area contributed by atoms with E-state index in [0.717, 1.165) is 24.3 Å². The molecule has 0 atom stereocenters. The van der Waals surface area contributed by atoms with Gasteiger partial charge in [-0.15, -0.1) is 0 Å². The van der Waals surface area contributed by atoms with Crippen molar-refractivity contribution >= 4 is 34.4 Å². The minimum absolute atomic E-state index is 0.00646. The predicted molar refractivity (Wildman–Crippen MR) is 137 cm³/mol. The van der Waals surface area contributed by atoms with Gasteiger partial charge >= 0.3 is 0 Å². The Morgan fingerprint density at radius 3 is 2.64 bits per heavy atom. The number of carbonyl (C=O) groups is 1. The first-order valence-electron chi connectivity index (χ1n) is 11.5. The number of imidazole rings is 1. The summed E-state index contributed by atoms with van der Waals surface area (Å²) in [6.07, 6.45) is 6.09. The molecule has 8 nitrogen and oxygen atoms in total. The fourth-order valence-electron chi connectivity index (χ4n) is 4.18. The highest BCUT2D eigenvalue weighted by atomic mass is 19.2. The summed E-state index contributed by atoms with van der Waals surface area (Å²) in [5, 5.41) is 5.62. The van der Waals surface area contributed by atoms with Crippen molar-refractivity contribution in [2.75, 3.05) is 48.8 Å². The topological polar surface area (TPSA) is 77.8 Å². The van der Waals surface area contributed by atoms with E-state index in [1.165, 1.54) is 12.1 Å². The molecule has 10 heteroatoms. The van der Waals surface area contributed by atoms with Crippen LogP contribution in [0.2, 0.25) is 0 Å². The van der Waals surface area contributed by atoms with Crippen LogP contribution in [0.5, 0.6) is 0 Å². The molecule has 0 saturated carbocycles. The molecule has 0 bridgehead atoms. The number of aromatic nitrogens is 3. The Balaban J connectivity index is 1.42. The minimum atomic E-state index is -0.954. The van der Waals surface area contributed by atoms with Gasteiger partial charge in [-0.2, -0.15) is 0 Å². The lowest BCUT2D eigenvalue weighted by Gasteiger charge is -2.34. The molecular weight excluding hydrogens is 464 g/mol. The Morgan fingerprint density at radius 1 is 1.06 bits per heavy atom. The van der Waals surface area contributed by atoms with Crippen LogP contribution in [0, 0.1) is 11.6 Å². The fraction of sp³-hybridized carbons (Fsp3) is 0.192. The Kier molecular flexibility index (Phi) is 6.34. The standard InChI is InChI=1S/C26H25F2N7O/c1-3-24(36)31-18-6-4-5-17(13-18)21-14-30-23-15-29-22(16-35(21)23)32-19-7-8-20(26(28)25(19)27)34-11-9-33(2)10-12-34/h3-8,13-16,32H,1,9-12H2,2H3,(H,31,36). The number of anilines is 4. The van der Waals surface area contributed by atoms with Gasteiger partial charge < -0.3 is 20.4 Å². The number of likely N-dealkylation sites (N-methyl/N-ethyl adjacent to an activating group) is 1. The van der Waals surface area contributed by atoms with Crippen LogP contribution in [-0.2, 0) is 4.79 Å². The normalized spacial score (nSPS) is 14.1. The Morgan fingerprint density at radius 2 is 1.86 bits per heavy atom. The van der Waals surface area contributed by atoms with Crippen molar-refractivity contribution in [1.29, 1.82) is 0 Å². The second kappa shape index (κ2) is 9.74. The number of benzene rings is 2. The number of amides is 1. The summed E-state index contributed by atoms with van der Waals surface area (Å²) in [7, 11) is 2.01. The molecule has 36 heavy (non-hydrogen) atoms. The van der Waals surface area contributed by atoms with Crippen LogP contribution in [0.3, 0.4) is 0 Å². The Labute approximate surface area is 206 Å². The molecule has 0 unspecified atom stereocenters. The molecule has 2 N–H and O–H groups in total. The van der Waals surface area contributed by atoms with E-state index in [9.17, 15) is 13.6 Å². The van der Waals surface area contributed by atoms with Crippen molar-refractivity contribution in [3.05, 3.63) is 79.3 Å². The summed E-state index contributed by atoms with van der Waals surface area (Å²) in [6, 6.07) is 10.4. The highest BCUT2D eigenvalue weighted by Crippen LogP contribution is 2.30. The number of halogens is 2. The molecule has 184 valence electrons. The summed E-state index contributed by atoms with van der Waals surface area (Å²) < 4.78 is 31.7. The highest BCUT2D eigenvalue weighted by Gasteiger charge is 2.21. The molecule has 1 aliphatic heterocycles. The maximum absolute atomic E-state index is 15.0. The van der Waals surface area contributed by atoms with E-state index in [0.29, 0.717) is 30.2 Å². The second-order valence-corrected chi connectivity index (χ2v) is 8.59. The van der Waals surface area contributed by atoms with Gasteiger partial charge in [0.25, 0.3) is 0 Å². The van der Waals surface area contributed by atoms with Crippen molar-refractivity contribution in [2.24, 2.45) is 0 Å².